The highest BCUT2D eigenvalue weighted by atomic mass is 79.9. The van der Waals surface area contributed by atoms with Crippen LogP contribution in [0.4, 0.5) is 0 Å². The van der Waals surface area contributed by atoms with E-state index in [1.807, 2.05) is 32.0 Å². The van der Waals surface area contributed by atoms with Crippen molar-refractivity contribution >= 4 is 21.9 Å². The Bertz CT molecular complexity index is 478. The second kappa shape index (κ2) is 5.53. The third kappa shape index (κ3) is 3.50. The molecule has 0 saturated heterocycles. The molecule has 1 aromatic rings. The van der Waals surface area contributed by atoms with Crippen LogP contribution in [0.1, 0.15) is 45.1 Å². The van der Waals surface area contributed by atoms with Crippen LogP contribution in [0.25, 0.3) is 0 Å². The van der Waals surface area contributed by atoms with Gasteiger partial charge in [0.15, 0.2) is 0 Å². The first-order chi connectivity index (χ1) is 8.88. The third-order valence-electron chi connectivity index (χ3n) is 3.61. The number of ether oxygens (including phenoxy) is 1. The Morgan fingerprint density at radius 2 is 2.16 bits per heavy atom. The molecule has 104 valence electrons. The summed E-state index contributed by atoms with van der Waals surface area (Å²) in [6, 6.07) is 5.84. The van der Waals surface area contributed by atoms with E-state index in [9.17, 15) is 4.79 Å². The smallest absolute Gasteiger partial charge is 0.304 e. The molecule has 0 aromatic heterocycles. The summed E-state index contributed by atoms with van der Waals surface area (Å²) in [6.45, 7) is 3.88. The Balaban J connectivity index is 2.29. The number of halogens is 1. The van der Waals surface area contributed by atoms with E-state index in [1.165, 1.54) is 6.42 Å². The van der Waals surface area contributed by atoms with Crippen LogP contribution >= 0.6 is 15.9 Å². The molecule has 4 heteroatoms. The van der Waals surface area contributed by atoms with Gasteiger partial charge in [-0.1, -0.05) is 29.8 Å². The average molecular weight is 327 g/mol. The van der Waals surface area contributed by atoms with Gasteiger partial charge in [-0.25, -0.2) is 0 Å². The molecule has 2 rings (SSSR count). The first-order valence-electron chi connectivity index (χ1n) is 6.57. The molecule has 1 aromatic carbocycles. The summed E-state index contributed by atoms with van der Waals surface area (Å²) >= 11 is 3.45. The van der Waals surface area contributed by atoms with Crippen molar-refractivity contribution in [1.29, 1.82) is 0 Å². The highest BCUT2D eigenvalue weighted by molar-refractivity contribution is 9.10. The van der Waals surface area contributed by atoms with Crippen molar-refractivity contribution in [3.8, 4) is 5.75 Å². The summed E-state index contributed by atoms with van der Waals surface area (Å²) < 4.78 is 6.94. The minimum atomic E-state index is -0.792. The molecule has 0 heterocycles. The van der Waals surface area contributed by atoms with Crippen LogP contribution in [0.2, 0.25) is 0 Å². The lowest BCUT2D eigenvalue weighted by Crippen LogP contribution is -2.28. The van der Waals surface area contributed by atoms with Crippen molar-refractivity contribution in [1.82, 2.24) is 0 Å². The van der Waals surface area contributed by atoms with Crippen molar-refractivity contribution in [2.75, 3.05) is 0 Å². The topological polar surface area (TPSA) is 46.5 Å². The van der Waals surface area contributed by atoms with Crippen LogP contribution < -0.4 is 4.74 Å². The number of carboxylic acid groups (broad SMARTS) is 1. The predicted molar refractivity (Wildman–Crippen MR) is 77.7 cm³/mol. The Morgan fingerprint density at radius 3 is 2.68 bits per heavy atom. The Hall–Kier alpha value is -1.03. The van der Waals surface area contributed by atoms with Gasteiger partial charge >= 0.3 is 5.97 Å². The maximum atomic E-state index is 11.0. The molecular weight excluding hydrogens is 308 g/mol. The van der Waals surface area contributed by atoms with Gasteiger partial charge in [0.1, 0.15) is 5.75 Å². The molecule has 1 fully saturated rings. The van der Waals surface area contributed by atoms with Crippen LogP contribution in [0, 0.1) is 0 Å². The zero-order valence-corrected chi connectivity index (χ0v) is 12.9. The summed E-state index contributed by atoms with van der Waals surface area (Å²) in [5.41, 5.74) is 0.505. The van der Waals surface area contributed by atoms with Gasteiger partial charge in [-0.2, -0.15) is 0 Å². The normalized spacial score (nSPS) is 15.9. The van der Waals surface area contributed by atoms with E-state index >= 15 is 0 Å². The summed E-state index contributed by atoms with van der Waals surface area (Å²) in [6.07, 6.45) is 3.78. The number of hydrogen-bond donors (Lipinski definition) is 1. The number of carboxylic acids is 1. The average Bonchev–Trinajstić information content (AvgIpc) is 2.23. The molecule has 0 unspecified atom stereocenters. The lowest BCUT2D eigenvalue weighted by molar-refractivity contribution is -0.138. The molecule has 0 radical (unpaired) electrons. The number of carbonyl (C=O) groups is 1. The van der Waals surface area contributed by atoms with Gasteiger partial charge in [-0.15, -0.1) is 0 Å². The summed E-state index contributed by atoms with van der Waals surface area (Å²) in [4.78, 5) is 11.0. The van der Waals surface area contributed by atoms with Crippen LogP contribution in [0.3, 0.4) is 0 Å². The molecule has 3 nitrogen and oxygen atoms in total. The van der Waals surface area contributed by atoms with E-state index in [1.54, 1.807) is 0 Å². The Kier molecular flexibility index (Phi) is 4.19. The van der Waals surface area contributed by atoms with Crippen molar-refractivity contribution in [2.24, 2.45) is 0 Å². The number of aliphatic carboxylic acids is 1. The second-order valence-corrected chi connectivity index (χ2v) is 6.68. The maximum absolute atomic E-state index is 11.0. The zero-order valence-electron chi connectivity index (χ0n) is 11.3. The highest BCUT2D eigenvalue weighted by Gasteiger charge is 2.29. The van der Waals surface area contributed by atoms with Crippen LogP contribution in [-0.2, 0) is 10.2 Å². The summed E-state index contributed by atoms with van der Waals surface area (Å²) in [7, 11) is 0. The second-order valence-electron chi connectivity index (χ2n) is 5.77. The number of benzene rings is 1. The fourth-order valence-electron chi connectivity index (χ4n) is 2.28. The maximum Gasteiger partial charge on any atom is 0.304 e. The predicted octanol–water partition coefficient (Wildman–Crippen LogP) is 4.13. The molecule has 0 atom stereocenters. The van der Waals surface area contributed by atoms with Gasteiger partial charge in [0.05, 0.1) is 12.5 Å². The molecule has 0 bridgehead atoms. The third-order valence-corrected chi connectivity index (χ3v) is 4.10. The first-order valence-corrected chi connectivity index (χ1v) is 7.36. The van der Waals surface area contributed by atoms with Gasteiger partial charge in [0.25, 0.3) is 0 Å². The molecule has 1 aliphatic rings. The van der Waals surface area contributed by atoms with Crippen LogP contribution in [0.5, 0.6) is 5.75 Å². The Morgan fingerprint density at radius 1 is 1.47 bits per heavy atom. The molecule has 0 aliphatic heterocycles. The van der Waals surface area contributed by atoms with E-state index < -0.39 is 11.4 Å². The molecule has 1 saturated carbocycles. The quantitative estimate of drug-likeness (QED) is 0.884. The summed E-state index contributed by atoms with van der Waals surface area (Å²) in [5.74, 6) is 0.0266. The lowest BCUT2D eigenvalue weighted by Gasteiger charge is -2.31. The van der Waals surface area contributed by atoms with Gasteiger partial charge in [0, 0.05) is 15.5 Å². The fraction of sp³-hybridized carbons (Fsp3) is 0.533. The SMILES string of the molecule is CC(C)(CC(=O)O)c1cc(Br)ccc1OC1CCC1. The minimum absolute atomic E-state index is 0.0878. The van der Waals surface area contributed by atoms with E-state index in [4.69, 9.17) is 9.84 Å². The van der Waals surface area contributed by atoms with Gasteiger partial charge in [-0.05, 0) is 37.5 Å². The van der Waals surface area contributed by atoms with Gasteiger partial charge in [0.2, 0.25) is 0 Å². The number of rotatable bonds is 5. The van der Waals surface area contributed by atoms with E-state index in [-0.39, 0.29) is 6.42 Å². The van der Waals surface area contributed by atoms with Crippen molar-refractivity contribution < 1.29 is 14.6 Å². The molecule has 19 heavy (non-hydrogen) atoms. The molecule has 1 N–H and O–H groups in total. The first kappa shape index (κ1) is 14.4. The van der Waals surface area contributed by atoms with Crippen LogP contribution in [-0.4, -0.2) is 17.2 Å². The summed E-state index contributed by atoms with van der Waals surface area (Å²) in [5, 5.41) is 9.06. The largest absolute Gasteiger partial charge is 0.490 e. The zero-order chi connectivity index (χ0) is 14.0. The van der Waals surface area contributed by atoms with Gasteiger partial charge in [-0.3, -0.25) is 4.79 Å². The van der Waals surface area contributed by atoms with Crippen molar-refractivity contribution in [3.63, 3.8) is 0 Å². The molecular formula is C15H19BrO3. The standard InChI is InChI=1S/C15H19BrO3/c1-15(2,9-14(17)18)12-8-10(16)6-7-13(12)19-11-4-3-5-11/h6-8,11H,3-5,9H2,1-2H3,(H,17,18). The molecule has 0 spiro atoms. The van der Waals surface area contributed by atoms with E-state index in [0.717, 1.165) is 28.6 Å². The minimum Gasteiger partial charge on any atom is -0.490 e. The van der Waals surface area contributed by atoms with Gasteiger partial charge < -0.3 is 9.84 Å². The van der Waals surface area contributed by atoms with Crippen LogP contribution in [0.15, 0.2) is 22.7 Å². The highest BCUT2D eigenvalue weighted by Crippen LogP contribution is 2.38. The fourth-order valence-corrected chi connectivity index (χ4v) is 2.64. The monoisotopic (exact) mass is 326 g/mol. The van der Waals surface area contributed by atoms with E-state index in [0.29, 0.717) is 6.10 Å². The van der Waals surface area contributed by atoms with Crippen molar-refractivity contribution in [2.45, 2.75) is 51.0 Å². The van der Waals surface area contributed by atoms with E-state index in [2.05, 4.69) is 15.9 Å². The number of hydrogen-bond acceptors (Lipinski definition) is 2. The Labute approximate surface area is 122 Å². The lowest BCUT2D eigenvalue weighted by atomic mass is 9.81. The molecule has 1 aliphatic carbocycles. The molecule has 0 amide bonds. The van der Waals surface area contributed by atoms with Crippen molar-refractivity contribution in [3.05, 3.63) is 28.2 Å².